The topological polar surface area (TPSA) is 72.9 Å². The first kappa shape index (κ1) is 22.1. The van der Waals surface area contributed by atoms with E-state index in [4.69, 9.17) is 9.47 Å². The molecule has 3 aliphatic carbocycles. The van der Waals surface area contributed by atoms with E-state index in [1.807, 2.05) is 11.8 Å². The molecular weight excluding hydrogens is 426 g/mol. The Kier molecular flexibility index (Phi) is 5.46. The second-order valence-corrected chi connectivity index (χ2v) is 13.1. The van der Waals surface area contributed by atoms with Crippen LogP contribution in [0.2, 0.25) is 0 Å². The fourth-order valence-electron chi connectivity index (χ4n) is 5.29. The predicted octanol–water partition coefficient (Wildman–Crippen LogP) is 4.82. The van der Waals surface area contributed by atoms with Crippen LogP contribution in [-0.2, 0) is 14.6 Å². The number of sulfone groups is 1. The summed E-state index contributed by atoms with van der Waals surface area (Å²) in [5.74, 6) is 2.05. The highest BCUT2D eigenvalue weighted by Crippen LogP contribution is 2.61. The average Bonchev–Trinajstić information content (AvgIpc) is 3.66. The highest BCUT2D eigenvalue weighted by atomic mass is 32.2. The second-order valence-electron chi connectivity index (χ2n) is 10.8. The summed E-state index contributed by atoms with van der Waals surface area (Å²) >= 11 is 0. The van der Waals surface area contributed by atoms with Crippen molar-refractivity contribution in [2.24, 2.45) is 17.3 Å². The molecule has 2 atom stereocenters. The number of amides is 1. The molecule has 1 heterocycles. The number of ether oxygens (including phenoxy) is 2. The van der Waals surface area contributed by atoms with E-state index in [-0.39, 0.29) is 16.9 Å². The molecule has 0 aromatic heterocycles. The molecule has 0 bridgehead atoms. The van der Waals surface area contributed by atoms with E-state index in [1.54, 1.807) is 24.3 Å². The highest BCUT2D eigenvalue weighted by molar-refractivity contribution is 7.92. The normalized spacial score (nSPS) is 29.4. The Hall–Kier alpha value is -1.76. The molecule has 1 aromatic rings. The fraction of sp³-hybridized carbons (Fsp3) is 0.720. The van der Waals surface area contributed by atoms with Gasteiger partial charge in [-0.05, 0) is 99.8 Å². The van der Waals surface area contributed by atoms with Crippen molar-refractivity contribution >= 4 is 15.9 Å². The smallest absolute Gasteiger partial charge is 0.410 e. The Labute approximate surface area is 191 Å². The number of carbonyl (C=O) groups excluding carboxylic acids is 1. The van der Waals surface area contributed by atoms with Gasteiger partial charge in [-0.15, -0.1) is 0 Å². The molecule has 4 fully saturated rings. The van der Waals surface area contributed by atoms with Gasteiger partial charge in [0, 0.05) is 13.1 Å². The molecule has 5 rings (SSSR count). The lowest BCUT2D eigenvalue weighted by molar-refractivity contribution is 0.0432. The van der Waals surface area contributed by atoms with Gasteiger partial charge in [0.25, 0.3) is 0 Å². The van der Waals surface area contributed by atoms with Crippen LogP contribution in [0.4, 0.5) is 4.79 Å². The lowest BCUT2D eigenvalue weighted by atomic mass is 9.81. The van der Waals surface area contributed by atoms with Gasteiger partial charge in [-0.2, -0.15) is 0 Å². The third-order valence-corrected chi connectivity index (χ3v) is 10.6. The number of benzene rings is 1. The molecule has 0 spiro atoms. The van der Waals surface area contributed by atoms with E-state index in [1.165, 1.54) is 6.42 Å². The van der Waals surface area contributed by atoms with Gasteiger partial charge >= 0.3 is 6.09 Å². The molecule has 176 valence electrons. The molecule has 1 aromatic carbocycles. The fourth-order valence-corrected chi connectivity index (χ4v) is 6.95. The summed E-state index contributed by atoms with van der Waals surface area (Å²) in [4.78, 5) is 14.6. The van der Waals surface area contributed by atoms with Gasteiger partial charge in [0.05, 0.1) is 16.8 Å². The number of hydrogen-bond acceptors (Lipinski definition) is 5. The van der Waals surface area contributed by atoms with Gasteiger partial charge in [0.2, 0.25) is 0 Å². The molecule has 1 saturated heterocycles. The molecule has 1 amide bonds. The molecule has 0 N–H and O–H groups in total. The van der Waals surface area contributed by atoms with E-state index in [0.29, 0.717) is 28.8 Å². The van der Waals surface area contributed by atoms with Crippen molar-refractivity contribution in [3.05, 3.63) is 24.3 Å². The van der Waals surface area contributed by atoms with Gasteiger partial charge in [-0.25, -0.2) is 13.2 Å². The van der Waals surface area contributed by atoms with Crippen LogP contribution >= 0.6 is 0 Å². The molecular formula is C25H35NO5S. The van der Waals surface area contributed by atoms with Gasteiger partial charge < -0.3 is 14.4 Å². The lowest BCUT2D eigenvalue weighted by Gasteiger charge is -2.35. The van der Waals surface area contributed by atoms with Crippen LogP contribution in [-0.4, -0.2) is 50.0 Å². The van der Waals surface area contributed by atoms with Crippen LogP contribution in [0.15, 0.2) is 29.2 Å². The number of piperidine rings is 1. The monoisotopic (exact) mass is 461 g/mol. The molecule has 6 nitrogen and oxygen atoms in total. The summed E-state index contributed by atoms with van der Waals surface area (Å²) in [6.07, 6.45) is 7.74. The van der Waals surface area contributed by atoms with E-state index < -0.39 is 9.84 Å². The molecule has 3 saturated carbocycles. The van der Waals surface area contributed by atoms with Crippen molar-refractivity contribution in [2.75, 3.05) is 19.7 Å². The maximum Gasteiger partial charge on any atom is 0.410 e. The van der Waals surface area contributed by atoms with Crippen molar-refractivity contribution < 1.29 is 22.7 Å². The zero-order chi connectivity index (χ0) is 22.6. The maximum absolute atomic E-state index is 12.3. The largest absolute Gasteiger partial charge is 0.494 e. The minimum atomic E-state index is -3.14. The number of carbonyl (C=O) groups is 1. The van der Waals surface area contributed by atoms with Crippen LogP contribution in [0.3, 0.4) is 0 Å². The Morgan fingerprint density at radius 1 is 1.06 bits per heavy atom. The zero-order valence-corrected chi connectivity index (χ0v) is 20.0. The van der Waals surface area contributed by atoms with Gasteiger partial charge in [-0.1, -0.05) is 6.92 Å². The Morgan fingerprint density at radius 3 is 2.31 bits per heavy atom. The average molecular weight is 462 g/mol. The molecule has 1 aliphatic heterocycles. The minimum Gasteiger partial charge on any atom is -0.494 e. The van der Waals surface area contributed by atoms with Crippen LogP contribution in [0.1, 0.15) is 65.2 Å². The number of likely N-dealkylation sites (tertiary alicyclic amines) is 1. The van der Waals surface area contributed by atoms with Gasteiger partial charge in [0.1, 0.15) is 11.4 Å². The minimum absolute atomic E-state index is 0.134. The summed E-state index contributed by atoms with van der Waals surface area (Å²) in [6.45, 7) is 6.65. The summed E-state index contributed by atoms with van der Waals surface area (Å²) in [5, 5.41) is -0.180. The van der Waals surface area contributed by atoms with Crippen molar-refractivity contribution in [2.45, 2.75) is 81.0 Å². The Balaban J connectivity index is 1.04. The van der Waals surface area contributed by atoms with Crippen molar-refractivity contribution in [3.63, 3.8) is 0 Å². The predicted molar refractivity (Wildman–Crippen MR) is 121 cm³/mol. The molecule has 0 radical (unpaired) electrons. The first-order chi connectivity index (χ1) is 15.2. The van der Waals surface area contributed by atoms with Crippen LogP contribution in [0, 0.1) is 17.3 Å². The standard InChI is InChI=1S/C25H35NO5S/c1-24(12-13-24)31-23(27)26-14-9-18(10-15-26)25(2)17-19(25)11-16-30-20-3-5-21(6-4-20)32(28,29)22-7-8-22/h3-6,18-19,22H,7-17H2,1-2H3. The number of rotatable bonds is 8. The van der Waals surface area contributed by atoms with E-state index >= 15 is 0 Å². The first-order valence-corrected chi connectivity index (χ1v) is 13.7. The number of hydrogen-bond donors (Lipinski definition) is 0. The number of nitrogens with zero attached hydrogens (tertiary/aromatic N) is 1. The van der Waals surface area contributed by atoms with E-state index in [0.717, 1.165) is 63.8 Å². The third kappa shape index (κ3) is 4.50. The van der Waals surface area contributed by atoms with Crippen LogP contribution in [0.25, 0.3) is 0 Å². The quantitative estimate of drug-likeness (QED) is 0.555. The highest BCUT2D eigenvalue weighted by Gasteiger charge is 2.55. The zero-order valence-electron chi connectivity index (χ0n) is 19.2. The summed E-state index contributed by atoms with van der Waals surface area (Å²) in [7, 11) is -3.14. The molecule has 2 unspecified atom stereocenters. The van der Waals surface area contributed by atoms with Crippen LogP contribution in [0.5, 0.6) is 5.75 Å². The summed E-state index contributed by atoms with van der Waals surface area (Å²) < 4.78 is 36.1. The Bertz CT molecular complexity index is 959. The Morgan fingerprint density at radius 2 is 1.72 bits per heavy atom. The van der Waals surface area contributed by atoms with E-state index in [9.17, 15) is 13.2 Å². The molecule has 4 aliphatic rings. The van der Waals surface area contributed by atoms with Crippen molar-refractivity contribution in [1.29, 1.82) is 0 Å². The maximum atomic E-state index is 12.3. The first-order valence-electron chi connectivity index (χ1n) is 12.1. The SMILES string of the molecule is CC1(OC(=O)N2CCC(C3(C)CC3CCOc3ccc(S(=O)(=O)C4CC4)cc3)CC2)CC1. The van der Waals surface area contributed by atoms with Gasteiger partial charge in [0.15, 0.2) is 9.84 Å². The summed E-state index contributed by atoms with van der Waals surface area (Å²) in [5.41, 5.74) is 0.150. The van der Waals surface area contributed by atoms with Crippen molar-refractivity contribution in [1.82, 2.24) is 4.90 Å². The van der Waals surface area contributed by atoms with E-state index in [2.05, 4.69) is 6.92 Å². The van der Waals surface area contributed by atoms with Crippen LogP contribution < -0.4 is 4.74 Å². The third-order valence-electron chi connectivity index (χ3n) is 8.28. The molecule has 7 heteroatoms. The van der Waals surface area contributed by atoms with Gasteiger partial charge in [-0.3, -0.25) is 0 Å². The van der Waals surface area contributed by atoms with Crippen molar-refractivity contribution in [3.8, 4) is 5.75 Å². The lowest BCUT2D eigenvalue weighted by Crippen LogP contribution is -2.42. The summed E-state index contributed by atoms with van der Waals surface area (Å²) in [6, 6.07) is 6.90. The molecule has 32 heavy (non-hydrogen) atoms. The second kappa shape index (κ2) is 7.93.